The van der Waals surface area contributed by atoms with Gasteiger partial charge in [0.05, 0.1) is 12.4 Å². The maximum absolute atomic E-state index is 13.3. The van der Waals surface area contributed by atoms with E-state index in [0.717, 1.165) is 0 Å². The van der Waals surface area contributed by atoms with E-state index in [4.69, 9.17) is 16.6 Å². The van der Waals surface area contributed by atoms with Crippen molar-refractivity contribution in [2.24, 2.45) is 11.5 Å². The Bertz CT molecular complexity index is 1110. The number of carboxylic acids is 2. The number of benzene rings is 1. The van der Waals surface area contributed by atoms with Gasteiger partial charge < -0.3 is 42.6 Å². The molecule has 0 spiro atoms. The molecular formula is C26H37N7O7. The van der Waals surface area contributed by atoms with Crippen molar-refractivity contribution in [3.8, 4) is 0 Å². The van der Waals surface area contributed by atoms with Crippen molar-refractivity contribution in [1.82, 2.24) is 25.9 Å². The molecule has 0 aliphatic rings. The Balaban J connectivity index is 2.20. The first-order valence-electron chi connectivity index (χ1n) is 12.9. The topological polar surface area (TPSA) is 243 Å². The van der Waals surface area contributed by atoms with Crippen LogP contribution in [0, 0.1) is 0 Å². The van der Waals surface area contributed by atoms with Gasteiger partial charge in [0.2, 0.25) is 17.7 Å². The lowest BCUT2D eigenvalue weighted by Crippen LogP contribution is -2.57. The minimum absolute atomic E-state index is 0.0520. The first-order valence-corrected chi connectivity index (χ1v) is 12.9. The van der Waals surface area contributed by atoms with Crippen LogP contribution in [0.1, 0.15) is 43.4 Å². The number of carbonyl (C=O) groups excluding carboxylic acids is 3. The Kier molecular flexibility index (Phi) is 13.3. The molecule has 0 radical (unpaired) electrons. The number of nitrogens with two attached hydrogens (primary N) is 2. The van der Waals surface area contributed by atoms with Crippen molar-refractivity contribution in [2.45, 2.75) is 69.1 Å². The third-order valence-electron chi connectivity index (χ3n) is 6.09. The number of hydrogen-bond donors (Lipinski definition) is 8. The fourth-order valence-corrected chi connectivity index (χ4v) is 3.87. The predicted octanol–water partition coefficient (Wildman–Crippen LogP) is -0.945. The van der Waals surface area contributed by atoms with Crippen LogP contribution >= 0.6 is 0 Å². The summed E-state index contributed by atoms with van der Waals surface area (Å²) in [5, 5.41) is 26.2. The molecule has 0 bridgehead atoms. The second-order valence-electron chi connectivity index (χ2n) is 9.32. The number of H-pyrrole nitrogens is 1. The average molecular weight is 560 g/mol. The number of aromatic nitrogens is 2. The van der Waals surface area contributed by atoms with Crippen molar-refractivity contribution >= 4 is 29.7 Å². The van der Waals surface area contributed by atoms with Gasteiger partial charge in [0.15, 0.2) is 0 Å². The van der Waals surface area contributed by atoms with Gasteiger partial charge in [0.1, 0.15) is 18.1 Å². The molecule has 4 atom stereocenters. The van der Waals surface area contributed by atoms with E-state index in [1.807, 2.05) is 0 Å². The Morgan fingerprint density at radius 1 is 0.850 bits per heavy atom. The van der Waals surface area contributed by atoms with Gasteiger partial charge in [-0.3, -0.25) is 19.2 Å². The summed E-state index contributed by atoms with van der Waals surface area (Å²) in [6, 6.07) is 4.13. The van der Waals surface area contributed by atoms with E-state index in [0.29, 0.717) is 30.6 Å². The lowest BCUT2D eigenvalue weighted by molar-refractivity contribution is -0.142. The van der Waals surface area contributed by atoms with E-state index in [1.54, 1.807) is 30.3 Å². The highest BCUT2D eigenvalue weighted by Crippen LogP contribution is 2.08. The quantitative estimate of drug-likeness (QED) is 0.104. The highest BCUT2D eigenvalue weighted by molar-refractivity contribution is 5.94. The zero-order valence-electron chi connectivity index (χ0n) is 22.0. The van der Waals surface area contributed by atoms with Crippen molar-refractivity contribution in [3.05, 3.63) is 54.1 Å². The molecule has 40 heavy (non-hydrogen) atoms. The molecule has 3 amide bonds. The average Bonchev–Trinajstić information content (AvgIpc) is 3.44. The highest BCUT2D eigenvalue weighted by atomic mass is 16.4. The fourth-order valence-electron chi connectivity index (χ4n) is 3.87. The first-order chi connectivity index (χ1) is 19.1. The van der Waals surface area contributed by atoms with Crippen LogP contribution in [0.3, 0.4) is 0 Å². The summed E-state index contributed by atoms with van der Waals surface area (Å²) in [5.41, 5.74) is 12.6. The molecule has 0 saturated heterocycles. The molecule has 10 N–H and O–H groups in total. The van der Waals surface area contributed by atoms with Crippen LogP contribution in [0.15, 0.2) is 42.9 Å². The van der Waals surface area contributed by atoms with Crippen molar-refractivity contribution in [1.29, 1.82) is 0 Å². The Hall–Kier alpha value is -4.30. The van der Waals surface area contributed by atoms with Gasteiger partial charge in [-0.2, -0.15) is 0 Å². The molecule has 0 aliphatic carbocycles. The van der Waals surface area contributed by atoms with Crippen LogP contribution < -0.4 is 27.4 Å². The summed E-state index contributed by atoms with van der Waals surface area (Å²) < 4.78 is 0. The minimum atomic E-state index is -1.30. The summed E-state index contributed by atoms with van der Waals surface area (Å²) in [6.45, 7) is 0.367. The number of aromatic amines is 1. The van der Waals surface area contributed by atoms with Crippen LogP contribution in [-0.4, -0.2) is 80.6 Å². The fraction of sp³-hybridized carbons (Fsp3) is 0.462. The molecule has 1 aromatic heterocycles. The SMILES string of the molecule is NCCCCC(NC(=O)C(N)CCC(=O)O)C(=O)NC(Cc1ccccc1)C(=O)NC(Cc1cnc[nH]1)C(=O)O. The third kappa shape index (κ3) is 11.2. The number of aliphatic carboxylic acids is 2. The maximum Gasteiger partial charge on any atom is 0.326 e. The summed E-state index contributed by atoms with van der Waals surface area (Å²) in [6.07, 6.45) is 3.65. The number of imidazole rings is 1. The molecule has 2 aromatic rings. The summed E-state index contributed by atoms with van der Waals surface area (Å²) in [4.78, 5) is 68.6. The van der Waals surface area contributed by atoms with Gasteiger partial charge in [0, 0.05) is 31.2 Å². The lowest BCUT2D eigenvalue weighted by Gasteiger charge is -2.25. The number of nitrogens with one attached hydrogen (secondary N) is 4. The molecule has 4 unspecified atom stereocenters. The molecule has 14 heteroatoms. The normalized spacial score (nSPS) is 13.8. The predicted molar refractivity (Wildman–Crippen MR) is 144 cm³/mol. The van der Waals surface area contributed by atoms with Crippen molar-refractivity contribution in [2.75, 3.05) is 6.54 Å². The molecule has 0 fully saturated rings. The number of carbonyl (C=O) groups is 5. The van der Waals surface area contributed by atoms with Crippen LogP contribution in [0.2, 0.25) is 0 Å². The Morgan fingerprint density at radius 2 is 1.50 bits per heavy atom. The lowest BCUT2D eigenvalue weighted by atomic mass is 10.0. The van der Waals surface area contributed by atoms with Gasteiger partial charge in [-0.1, -0.05) is 30.3 Å². The number of hydrogen-bond acceptors (Lipinski definition) is 8. The number of amides is 3. The number of unbranched alkanes of at least 4 members (excludes halogenated alkanes) is 1. The van der Waals surface area contributed by atoms with Crippen LogP contribution in [-0.2, 0) is 36.8 Å². The third-order valence-corrected chi connectivity index (χ3v) is 6.09. The first kappa shape index (κ1) is 31.9. The van der Waals surface area contributed by atoms with E-state index in [-0.39, 0.29) is 32.1 Å². The van der Waals surface area contributed by atoms with Crippen molar-refractivity contribution < 1.29 is 34.2 Å². The monoisotopic (exact) mass is 559 g/mol. The molecule has 14 nitrogen and oxygen atoms in total. The zero-order chi connectivity index (χ0) is 29.5. The highest BCUT2D eigenvalue weighted by Gasteiger charge is 2.30. The smallest absolute Gasteiger partial charge is 0.326 e. The molecule has 1 heterocycles. The molecular weight excluding hydrogens is 522 g/mol. The molecule has 1 aromatic carbocycles. The molecule has 218 valence electrons. The van der Waals surface area contributed by atoms with Crippen LogP contribution in [0.4, 0.5) is 0 Å². The summed E-state index contributed by atoms with van der Waals surface area (Å²) in [7, 11) is 0. The molecule has 0 aliphatic heterocycles. The number of carboxylic acid groups (broad SMARTS) is 2. The summed E-state index contributed by atoms with van der Waals surface area (Å²) in [5.74, 6) is -4.48. The van der Waals surface area contributed by atoms with E-state index < -0.39 is 53.8 Å². The second-order valence-corrected chi connectivity index (χ2v) is 9.32. The van der Waals surface area contributed by atoms with E-state index in [2.05, 4.69) is 25.9 Å². The van der Waals surface area contributed by atoms with Gasteiger partial charge in [-0.05, 0) is 37.8 Å². The van der Waals surface area contributed by atoms with Gasteiger partial charge in [0.25, 0.3) is 0 Å². The largest absolute Gasteiger partial charge is 0.481 e. The van der Waals surface area contributed by atoms with Gasteiger partial charge in [-0.15, -0.1) is 0 Å². The second kappa shape index (κ2) is 16.6. The molecule has 2 rings (SSSR count). The van der Waals surface area contributed by atoms with Gasteiger partial charge in [-0.25, -0.2) is 9.78 Å². The minimum Gasteiger partial charge on any atom is -0.481 e. The standard InChI is InChI=1S/C26H37N7O7/c27-11-5-4-8-19(31-23(36)18(28)9-10-22(34)35)24(37)32-20(12-16-6-2-1-3-7-16)25(38)33-21(26(39)40)13-17-14-29-15-30-17/h1-3,6-7,14-15,18-21H,4-5,8-13,27-28H2,(H,29,30)(H,31,36)(H,32,37)(H,33,38)(H,34,35)(H,39,40). The van der Waals surface area contributed by atoms with Crippen LogP contribution in [0.5, 0.6) is 0 Å². The van der Waals surface area contributed by atoms with Crippen LogP contribution in [0.25, 0.3) is 0 Å². The number of nitrogens with zero attached hydrogens (tertiary/aromatic N) is 1. The van der Waals surface area contributed by atoms with Gasteiger partial charge >= 0.3 is 11.9 Å². The van der Waals surface area contributed by atoms with Crippen molar-refractivity contribution in [3.63, 3.8) is 0 Å². The Morgan fingerprint density at radius 3 is 2.10 bits per heavy atom. The Labute approximate surface area is 231 Å². The maximum atomic E-state index is 13.3. The number of rotatable bonds is 18. The van der Waals surface area contributed by atoms with E-state index in [9.17, 15) is 29.1 Å². The van der Waals surface area contributed by atoms with E-state index in [1.165, 1.54) is 12.5 Å². The summed E-state index contributed by atoms with van der Waals surface area (Å²) >= 11 is 0. The molecule has 0 saturated carbocycles. The zero-order valence-corrected chi connectivity index (χ0v) is 22.0. The van der Waals surface area contributed by atoms with E-state index >= 15 is 0 Å².